The number of carbonyl (C=O) groups excluding carboxylic acids is 1. The summed E-state index contributed by atoms with van der Waals surface area (Å²) in [5.74, 6) is 0.187. The molecule has 0 radical (unpaired) electrons. The van der Waals surface area contributed by atoms with Gasteiger partial charge in [0, 0.05) is 32.2 Å². The Labute approximate surface area is 198 Å². The second-order valence-electron chi connectivity index (χ2n) is 8.74. The van der Waals surface area contributed by atoms with E-state index >= 15 is 0 Å². The summed E-state index contributed by atoms with van der Waals surface area (Å²) in [7, 11) is 2.93. The molecule has 186 valence electrons. The van der Waals surface area contributed by atoms with E-state index < -0.39 is 36.0 Å². The van der Waals surface area contributed by atoms with Crippen molar-refractivity contribution >= 4 is 5.91 Å². The van der Waals surface area contributed by atoms with Gasteiger partial charge in [0.25, 0.3) is 0 Å². The van der Waals surface area contributed by atoms with E-state index in [1.807, 2.05) is 0 Å². The Morgan fingerprint density at radius 2 is 1.91 bits per heavy atom. The second-order valence-corrected chi connectivity index (χ2v) is 8.74. The summed E-state index contributed by atoms with van der Waals surface area (Å²) in [6.45, 7) is 5.26. The monoisotopic (exact) mass is 477 g/mol. The first-order chi connectivity index (χ1) is 16.1. The fraction of sp³-hybridized carbons (Fsp3) is 0.480. The molecule has 3 N–H and O–H groups in total. The number of aliphatic hydroxyl groups is 2. The predicted octanol–water partition coefficient (Wildman–Crippen LogP) is 2.43. The first kappa shape index (κ1) is 25.9. The first-order valence-corrected chi connectivity index (χ1v) is 11.0. The van der Waals surface area contributed by atoms with Crippen LogP contribution in [-0.2, 0) is 20.7 Å². The van der Waals surface area contributed by atoms with Gasteiger partial charge in [-0.15, -0.1) is 0 Å². The molecule has 3 rings (SSSR count). The van der Waals surface area contributed by atoms with E-state index in [1.54, 1.807) is 38.1 Å². The molecule has 8 nitrogen and oxygen atoms in total. The minimum atomic E-state index is -1.37. The Balaban J connectivity index is 2.00. The summed E-state index contributed by atoms with van der Waals surface area (Å²) < 4.78 is 36.8. The Morgan fingerprint density at radius 3 is 2.53 bits per heavy atom. The average molecular weight is 478 g/mol. The van der Waals surface area contributed by atoms with Crippen molar-refractivity contribution in [3.63, 3.8) is 0 Å². The molecule has 1 fully saturated rings. The maximum Gasteiger partial charge on any atom is 0.229 e. The zero-order valence-electron chi connectivity index (χ0n) is 20.0. The Morgan fingerprint density at radius 1 is 1.18 bits per heavy atom. The van der Waals surface area contributed by atoms with E-state index in [0.29, 0.717) is 35.6 Å². The predicted molar refractivity (Wildman–Crippen MR) is 123 cm³/mol. The highest BCUT2D eigenvalue weighted by atomic mass is 19.1. The number of rotatable bonds is 8. The van der Waals surface area contributed by atoms with Gasteiger partial charge in [0.05, 0.1) is 12.7 Å². The SMILES string of the molecule is COc1cc(O[C@@H]2OC(C)(C)[C@H](OC)[C@@H](O)[C@H]2O)cc(-c2cccc(F)c2)c1CCNC(C)=O. The zero-order valence-corrected chi connectivity index (χ0v) is 20.0. The number of ether oxygens (including phenoxy) is 4. The summed E-state index contributed by atoms with van der Waals surface area (Å²) in [5.41, 5.74) is 1.04. The topological polar surface area (TPSA) is 106 Å². The van der Waals surface area contributed by atoms with Crippen LogP contribution in [0, 0.1) is 5.82 Å². The Kier molecular flexibility index (Phi) is 8.14. The van der Waals surface area contributed by atoms with Gasteiger partial charge in [0.15, 0.2) is 0 Å². The van der Waals surface area contributed by atoms with Crippen molar-refractivity contribution in [1.29, 1.82) is 0 Å². The summed E-state index contributed by atoms with van der Waals surface area (Å²) >= 11 is 0. The van der Waals surface area contributed by atoms with Crippen LogP contribution in [0.5, 0.6) is 11.5 Å². The normalized spacial score (nSPS) is 23.9. The van der Waals surface area contributed by atoms with Crippen LogP contribution in [0.4, 0.5) is 4.39 Å². The number of hydrogen-bond acceptors (Lipinski definition) is 7. The van der Waals surface area contributed by atoms with Crippen molar-refractivity contribution in [2.24, 2.45) is 0 Å². The lowest BCUT2D eigenvalue weighted by molar-refractivity contribution is -0.305. The van der Waals surface area contributed by atoms with Crippen LogP contribution in [0.3, 0.4) is 0 Å². The van der Waals surface area contributed by atoms with E-state index in [1.165, 1.54) is 33.3 Å². The quantitative estimate of drug-likeness (QED) is 0.536. The molecule has 0 spiro atoms. The van der Waals surface area contributed by atoms with Gasteiger partial charge < -0.3 is 34.5 Å². The molecule has 9 heteroatoms. The number of aliphatic hydroxyl groups excluding tert-OH is 2. The molecule has 34 heavy (non-hydrogen) atoms. The molecule has 0 aliphatic carbocycles. The third-order valence-corrected chi connectivity index (χ3v) is 5.84. The van der Waals surface area contributed by atoms with Crippen LogP contribution < -0.4 is 14.8 Å². The molecule has 1 heterocycles. The van der Waals surface area contributed by atoms with Crippen molar-refractivity contribution in [1.82, 2.24) is 5.32 Å². The van der Waals surface area contributed by atoms with Gasteiger partial charge in [-0.2, -0.15) is 0 Å². The average Bonchev–Trinajstić information content (AvgIpc) is 2.77. The number of hydrogen-bond donors (Lipinski definition) is 3. The summed E-state index contributed by atoms with van der Waals surface area (Å²) in [5, 5.41) is 23.9. The Hall–Kier alpha value is -2.72. The largest absolute Gasteiger partial charge is 0.496 e. The van der Waals surface area contributed by atoms with E-state index in [2.05, 4.69) is 5.32 Å². The van der Waals surface area contributed by atoms with Gasteiger partial charge in [-0.3, -0.25) is 4.79 Å². The van der Waals surface area contributed by atoms with Crippen molar-refractivity contribution in [3.05, 3.63) is 47.8 Å². The van der Waals surface area contributed by atoms with E-state index in [9.17, 15) is 19.4 Å². The van der Waals surface area contributed by atoms with Crippen molar-refractivity contribution < 1.29 is 38.3 Å². The molecule has 2 aromatic carbocycles. The lowest BCUT2D eigenvalue weighted by atomic mass is 9.89. The second kappa shape index (κ2) is 10.7. The van der Waals surface area contributed by atoms with Crippen LogP contribution in [0.2, 0.25) is 0 Å². The van der Waals surface area contributed by atoms with E-state index in [4.69, 9.17) is 18.9 Å². The number of benzene rings is 2. The molecule has 1 saturated heterocycles. The molecule has 2 aromatic rings. The third kappa shape index (κ3) is 5.67. The fourth-order valence-corrected chi connectivity index (χ4v) is 4.24. The van der Waals surface area contributed by atoms with Crippen LogP contribution in [0.25, 0.3) is 11.1 Å². The highest BCUT2D eigenvalue weighted by molar-refractivity contribution is 5.74. The van der Waals surface area contributed by atoms with E-state index in [-0.39, 0.29) is 5.91 Å². The van der Waals surface area contributed by atoms with Gasteiger partial charge in [0.1, 0.15) is 35.6 Å². The smallest absolute Gasteiger partial charge is 0.229 e. The van der Waals surface area contributed by atoms with Crippen LogP contribution in [0.1, 0.15) is 26.3 Å². The standard InChI is InChI=1S/C25H32FNO7/c1-14(28)27-10-9-18-19(15-7-6-8-16(26)11-15)12-17(13-20(18)31-4)33-24-22(30)21(29)23(32-5)25(2,3)34-24/h6-8,11-13,21-24,29-30H,9-10H2,1-5H3,(H,27,28)/t21-,22+,23+,24+/m0/s1. The number of methoxy groups -OCH3 is 2. The van der Waals surface area contributed by atoms with Crippen LogP contribution >= 0.6 is 0 Å². The van der Waals surface area contributed by atoms with Crippen LogP contribution in [-0.4, -0.2) is 67.1 Å². The molecular formula is C25H32FNO7. The zero-order chi connectivity index (χ0) is 25.0. The van der Waals surface area contributed by atoms with Gasteiger partial charge >= 0.3 is 0 Å². The molecule has 4 atom stereocenters. The molecule has 1 aliphatic rings. The fourth-order valence-electron chi connectivity index (χ4n) is 4.24. The summed E-state index contributed by atoms with van der Waals surface area (Å²) in [4.78, 5) is 11.3. The minimum Gasteiger partial charge on any atom is -0.496 e. The van der Waals surface area contributed by atoms with Crippen molar-refractivity contribution in [2.45, 2.75) is 57.4 Å². The van der Waals surface area contributed by atoms with Gasteiger partial charge in [-0.25, -0.2) is 4.39 Å². The molecule has 0 saturated carbocycles. The molecule has 0 aromatic heterocycles. The Bertz CT molecular complexity index is 1010. The lowest BCUT2D eigenvalue weighted by Crippen LogP contribution is -2.63. The number of halogens is 1. The minimum absolute atomic E-state index is 0.162. The number of nitrogens with one attached hydrogen (secondary N) is 1. The van der Waals surface area contributed by atoms with Gasteiger partial charge in [-0.1, -0.05) is 12.1 Å². The number of carbonyl (C=O) groups is 1. The van der Waals surface area contributed by atoms with Gasteiger partial charge in [0.2, 0.25) is 12.2 Å². The maximum atomic E-state index is 14.0. The molecule has 0 bridgehead atoms. The van der Waals surface area contributed by atoms with Crippen LogP contribution in [0.15, 0.2) is 36.4 Å². The number of amides is 1. The molecule has 1 aliphatic heterocycles. The molecular weight excluding hydrogens is 445 g/mol. The summed E-state index contributed by atoms with van der Waals surface area (Å²) in [6, 6.07) is 9.41. The highest BCUT2D eigenvalue weighted by Crippen LogP contribution is 2.38. The lowest BCUT2D eigenvalue weighted by Gasteiger charge is -2.46. The van der Waals surface area contributed by atoms with Crippen molar-refractivity contribution in [3.8, 4) is 22.6 Å². The highest BCUT2D eigenvalue weighted by Gasteiger charge is 2.50. The maximum absolute atomic E-state index is 14.0. The molecule has 1 amide bonds. The molecule has 0 unspecified atom stereocenters. The summed E-state index contributed by atoms with van der Waals surface area (Å²) in [6.07, 6.45) is -4.12. The third-order valence-electron chi connectivity index (χ3n) is 5.84. The van der Waals surface area contributed by atoms with Gasteiger partial charge in [-0.05, 0) is 49.6 Å². The first-order valence-electron chi connectivity index (χ1n) is 11.0. The van der Waals surface area contributed by atoms with E-state index in [0.717, 1.165) is 5.56 Å². The van der Waals surface area contributed by atoms with Crippen molar-refractivity contribution in [2.75, 3.05) is 20.8 Å².